The van der Waals surface area contributed by atoms with Gasteiger partial charge in [0.2, 0.25) is 0 Å². The van der Waals surface area contributed by atoms with Crippen LogP contribution in [0.3, 0.4) is 0 Å². The van der Waals surface area contributed by atoms with E-state index in [2.05, 4.69) is 15.7 Å². The van der Waals surface area contributed by atoms with Crippen LogP contribution < -0.4 is 5.32 Å². The maximum atomic E-state index is 13.0. The lowest BCUT2D eigenvalue weighted by molar-refractivity contribution is 0.0683. The van der Waals surface area contributed by atoms with Gasteiger partial charge in [-0.05, 0) is 50.9 Å². The zero-order valence-electron chi connectivity index (χ0n) is 15.4. The monoisotopic (exact) mass is 447 g/mol. The van der Waals surface area contributed by atoms with Crippen molar-refractivity contribution >= 4 is 53.8 Å². The number of halogens is 2. The highest BCUT2D eigenvalue weighted by Crippen LogP contribution is 2.28. The Morgan fingerprint density at radius 1 is 1.30 bits per heavy atom. The van der Waals surface area contributed by atoms with Crippen LogP contribution >= 0.6 is 47.9 Å². The van der Waals surface area contributed by atoms with E-state index in [0.29, 0.717) is 0 Å². The molecule has 27 heavy (non-hydrogen) atoms. The highest BCUT2D eigenvalue weighted by Gasteiger charge is 2.24. The summed E-state index contributed by atoms with van der Waals surface area (Å²) >= 11 is 3.31. The number of aromatic nitrogens is 1. The first kappa shape index (κ1) is 24.2. The fourth-order valence-electron chi connectivity index (χ4n) is 3.17. The normalized spacial score (nSPS) is 14.3. The number of hydrogen-bond acceptors (Lipinski definition) is 5. The predicted molar refractivity (Wildman–Crippen MR) is 120 cm³/mol. The average Bonchev–Trinajstić information content (AvgIpc) is 3.18. The molecule has 8 heteroatoms. The van der Waals surface area contributed by atoms with Crippen molar-refractivity contribution in [1.29, 1.82) is 0 Å². The third kappa shape index (κ3) is 6.95. The van der Waals surface area contributed by atoms with Crippen LogP contribution in [0, 0.1) is 5.92 Å². The summed E-state index contributed by atoms with van der Waals surface area (Å²) in [6.07, 6.45) is 3.43. The third-order valence-electron chi connectivity index (χ3n) is 4.68. The molecule has 0 unspecified atom stereocenters. The molecule has 1 aliphatic rings. The first-order valence-corrected chi connectivity index (χ1v) is 10.7. The number of hydrogen-bond donors (Lipinski definition) is 1. The molecule has 1 aliphatic heterocycles. The number of thiazole rings is 1. The molecule has 2 heterocycles. The number of benzene rings is 1. The number of carbonyl (C=O) groups excluding carboxylic acids is 1. The van der Waals surface area contributed by atoms with E-state index in [1.165, 1.54) is 6.42 Å². The number of piperidine rings is 1. The Morgan fingerprint density at radius 2 is 2.04 bits per heavy atom. The molecule has 0 saturated carbocycles. The van der Waals surface area contributed by atoms with Gasteiger partial charge in [-0.1, -0.05) is 12.1 Å². The van der Waals surface area contributed by atoms with Gasteiger partial charge in [0.25, 0.3) is 5.91 Å². The molecule has 0 bridgehead atoms. The van der Waals surface area contributed by atoms with Crippen LogP contribution in [0.25, 0.3) is 0 Å². The second-order valence-electron chi connectivity index (χ2n) is 6.39. The molecule has 4 nitrogen and oxygen atoms in total. The molecular formula is C19H27Cl2N3OS2. The van der Waals surface area contributed by atoms with Crippen molar-refractivity contribution < 1.29 is 4.79 Å². The highest BCUT2D eigenvalue weighted by molar-refractivity contribution is 7.98. The number of likely N-dealkylation sites (tertiary alicyclic amines) is 1. The fourth-order valence-corrected chi connectivity index (χ4v) is 4.78. The number of nitrogens with zero attached hydrogens (tertiary/aromatic N) is 2. The van der Waals surface area contributed by atoms with Gasteiger partial charge in [-0.2, -0.15) is 0 Å². The average molecular weight is 448 g/mol. The summed E-state index contributed by atoms with van der Waals surface area (Å²) in [5.74, 6) is 1.72. The highest BCUT2D eigenvalue weighted by atomic mass is 35.5. The Bertz CT molecular complexity index is 677. The lowest BCUT2D eigenvalue weighted by Gasteiger charge is -2.32. The zero-order chi connectivity index (χ0) is 17.5. The van der Waals surface area contributed by atoms with E-state index in [9.17, 15) is 4.79 Å². The van der Waals surface area contributed by atoms with Gasteiger partial charge in [-0.15, -0.1) is 47.9 Å². The fraction of sp³-hybridized carbons (Fsp3) is 0.474. The Labute approximate surface area is 182 Å². The molecule has 1 saturated heterocycles. The van der Waals surface area contributed by atoms with Crippen LogP contribution in [-0.4, -0.2) is 42.5 Å². The van der Waals surface area contributed by atoms with Crippen molar-refractivity contribution in [3.05, 3.63) is 46.4 Å². The van der Waals surface area contributed by atoms with E-state index in [0.717, 1.165) is 60.3 Å². The minimum atomic E-state index is 0. The second kappa shape index (κ2) is 12.6. The standard InChI is InChI=1S/C19H25N3OS2.2ClH/c1-20-9-6-15-7-10-22(11-8-15)19(23)17-4-2-3-5-18(17)25-13-16-12-24-14-21-16;;/h2-5,12,14-15,20H,6-11,13H2,1H3;2*1H. The molecule has 1 N–H and O–H groups in total. The largest absolute Gasteiger partial charge is 0.339 e. The zero-order valence-corrected chi connectivity index (χ0v) is 18.7. The van der Waals surface area contributed by atoms with Crippen LogP contribution in [0.2, 0.25) is 0 Å². The number of rotatable bonds is 7. The van der Waals surface area contributed by atoms with Crippen molar-refractivity contribution in [2.24, 2.45) is 5.92 Å². The summed E-state index contributed by atoms with van der Waals surface area (Å²) in [4.78, 5) is 20.4. The van der Waals surface area contributed by atoms with E-state index in [-0.39, 0.29) is 30.7 Å². The van der Waals surface area contributed by atoms with E-state index in [1.54, 1.807) is 23.1 Å². The Morgan fingerprint density at radius 3 is 2.70 bits per heavy atom. The molecule has 1 aromatic carbocycles. The molecule has 3 rings (SSSR count). The van der Waals surface area contributed by atoms with E-state index in [4.69, 9.17) is 0 Å². The molecule has 0 atom stereocenters. The molecule has 1 amide bonds. The molecule has 1 fully saturated rings. The number of carbonyl (C=O) groups is 1. The Hall–Kier alpha value is -0.790. The summed E-state index contributed by atoms with van der Waals surface area (Å²) in [5, 5.41) is 5.28. The lowest BCUT2D eigenvalue weighted by atomic mass is 9.93. The van der Waals surface area contributed by atoms with E-state index in [1.807, 2.05) is 41.7 Å². The van der Waals surface area contributed by atoms with Crippen molar-refractivity contribution in [1.82, 2.24) is 15.2 Å². The Kier molecular flexibility index (Phi) is 11.3. The summed E-state index contributed by atoms with van der Waals surface area (Å²) in [6, 6.07) is 7.96. The van der Waals surface area contributed by atoms with Crippen LogP contribution in [0.4, 0.5) is 0 Å². The van der Waals surface area contributed by atoms with Gasteiger partial charge in [0.15, 0.2) is 0 Å². The van der Waals surface area contributed by atoms with Crippen molar-refractivity contribution in [2.75, 3.05) is 26.7 Å². The minimum absolute atomic E-state index is 0. The summed E-state index contributed by atoms with van der Waals surface area (Å²) in [6.45, 7) is 2.81. The predicted octanol–water partition coefficient (Wildman–Crippen LogP) is 4.74. The molecule has 2 aromatic rings. The van der Waals surface area contributed by atoms with Crippen LogP contribution in [0.5, 0.6) is 0 Å². The third-order valence-corrected chi connectivity index (χ3v) is 6.42. The second-order valence-corrected chi connectivity index (χ2v) is 8.13. The summed E-state index contributed by atoms with van der Waals surface area (Å²) < 4.78 is 0. The van der Waals surface area contributed by atoms with Gasteiger partial charge in [0.05, 0.1) is 16.8 Å². The number of thioether (sulfide) groups is 1. The van der Waals surface area contributed by atoms with Gasteiger partial charge in [0.1, 0.15) is 0 Å². The first-order valence-electron chi connectivity index (χ1n) is 8.80. The quantitative estimate of drug-likeness (QED) is 0.622. The van der Waals surface area contributed by atoms with Crippen LogP contribution in [-0.2, 0) is 5.75 Å². The van der Waals surface area contributed by atoms with Crippen molar-refractivity contribution in [3.8, 4) is 0 Å². The maximum absolute atomic E-state index is 13.0. The molecule has 0 radical (unpaired) electrons. The van der Waals surface area contributed by atoms with Crippen LogP contribution in [0.1, 0.15) is 35.3 Å². The number of amides is 1. The maximum Gasteiger partial charge on any atom is 0.254 e. The van der Waals surface area contributed by atoms with Crippen LogP contribution in [0.15, 0.2) is 40.1 Å². The smallest absolute Gasteiger partial charge is 0.254 e. The number of nitrogens with one attached hydrogen (secondary N) is 1. The van der Waals surface area contributed by atoms with E-state index < -0.39 is 0 Å². The molecule has 1 aromatic heterocycles. The molecule has 150 valence electrons. The topological polar surface area (TPSA) is 45.2 Å². The van der Waals surface area contributed by atoms with Gasteiger partial charge < -0.3 is 10.2 Å². The summed E-state index contributed by atoms with van der Waals surface area (Å²) in [5.41, 5.74) is 3.75. The van der Waals surface area contributed by atoms with Crippen molar-refractivity contribution in [2.45, 2.75) is 29.9 Å². The Balaban J connectivity index is 0.00000182. The van der Waals surface area contributed by atoms with Crippen molar-refractivity contribution in [3.63, 3.8) is 0 Å². The van der Waals surface area contributed by atoms with Gasteiger partial charge >= 0.3 is 0 Å². The lowest BCUT2D eigenvalue weighted by Crippen LogP contribution is -2.39. The first-order chi connectivity index (χ1) is 12.3. The minimum Gasteiger partial charge on any atom is -0.339 e. The molecule has 0 spiro atoms. The molecule has 0 aliphatic carbocycles. The van der Waals surface area contributed by atoms with Gasteiger partial charge in [-0.3, -0.25) is 4.79 Å². The van der Waals surface area contributed by atoms with Gasteiger partial charge in [-0.25, -0.2) is 4.98 Å². The van der Waals surface area contributed by atoms with E-state index >= 15 is 0 Å². The SMILES string of the molecule is CNCCC1CCN(C(=O)c2ccccc2SCc2cscn2)CC1.Cl.Cl. The molecular weight excluding hydrogens is 421 g/mol. The van der Waals surface area contributed by atoms with Gasteiger partial charge in [0, 0.05) is 29.1 Å². The summed E-state index contributed by atoms with van der Waals surface area (Å²) in [7, 11) is 2.00.